The predicted octanol–water partition coefficient (Wildman–Crippen LogP) is 1.82. The van der Waals surface area contributed by atoms with E-state index in [1.807, 2.05) is 17.7 Å². The molecule has 2 aromatic rings. The van der Waals surface area contributed by atoms with Crippen molar-refractivity contribution in [1.29, 1.82) is 0 Å². The lowest BCUT2D eigenvalue weighted by atomic mass is 10.3. The highest BCUT2D eigenvalue weighted by molar-refractivity contribution is 9.10. The van der Waals surface area contributed by atoms with Crippen LogP contribution in [0.25, 0.3) is 0 Å². The molecule has 0 saturated heterocycles. The van der Waals surface area contributed by atoms with E-state index < -0.39 is 4.92 Å². The Morgan fingerprint density at radius 1 is 1.52 bits per heavy atom. The molecule has 0 aliphatic carbocycles. The summed E-state index contributed by atoms with van der Waals surface area (Å²) in [7, 11) is 1.72. The average molecular weight is 385 g/mol. The molecule has 0 atom stereocenters. The van der Waals surface area contributed by atoms with E-state index in [-0.39, 0.29) is 24.7 Å². The normalized spacial score (nSPS) is 10.7. The lowest BCUT2D eigenvalue weighted by Crippen LogP contribution is -2.28. The Morgan fingerprint density at radius 3 is 2.87 bits per heavy atom. The molecule has 0 saturated carbocycles. The molecule has 124 valence electrons. The number of hydrogen-bond donors (Lipinski definition) is 0. The molecule has 0 N–H and O–H groups in total. The minimum absolute atomic E-state index is 0.0665. The number of hydrogen-bond acceptors (Lipinski definition) is 5. The first kappa shape index (κ1) is 17.1. The molecule has 0 aliphatic heterocycles. The van der Waals surface area contributed by atoms with Gasteiger partial charge in [0.2, 0.25) is 5.91 Å². The van der Waals surface area contributed by atoms with Gasteiger partial charge in [0.25, 0.3) is 0 Å². The molecular formula is C13H17BrN6O3. The van der Waals surface area contributed by atoms with Gasteiger partial charge in [-0.15, -0.1) is 0 Å². The highest BCUT2D eigenvalue weighted by atomic mass is 79.9. The number of rotatable bonds is 7. The lowest BCUT2D eigenvalue weighted by molar-refractivity contribution is -0.390. The second-order valence-electron chi connectivity index (χ2n) is 4.96. The van der Waals surface area contributed by atoms with Crippen molar-refractivity contribution < 1.29 is 9.72 Å². The van der Waals surface area contributed by atoms with Gasteiger partial charge < -0.3 is 15.0 Å². The minimum Gasteiger partial charge on any atom is -0.358 e. The van der Waals surface area contributed by atoms with Crippen LogP contribution in [-0.2, 0) is 24.4 Å². The number of amides is 1. The summed E-state index contributed by atoms with van der Waals surface area (Å²) in [6, 6.07) is 1.88. The Kier molecular flexibility index (Phi) is 5.48. The maximum atomic E-state index is 12.2. The number of aryl methyl sites for hydroxylation is 2. The van der Waals surface area contributed by atoms with E-state index in [4.69, 9.17) is 0 Å². The minimum atomic E-state index is -0.569. The average Bonchev–Trinajstić information content (AvgIpc) is 3.10. The van der Waals surface area contributed by atoms with Gasteiger partial charge in [-0.2, -0.15) is 9.78 Å². The van der Waals surface area contributed by atoms with Gasteiger partial charge in [0.15, 0.2) is 0 Å². The largest absolute Gasteiger partial charge is 0.404 e. The fraction of sp³-hybridized carbons (Fsp3) is 0.462. The van der Waals surface area contributed by atoms with Crippen LogP contribution in [0.15, 0.2) is 22.9 Å². The molecule has 0 aromatic carbocycles. The number of halogens is 1. The smallest absolute Gasteiger partial charge is 0.358 e. The Bertz CT molecular complexity index is 710. The zero-order valence-electron chi connectivity index (χ0n) is 12.8. The van der Waals surface area contributed by atoms with Crippen molar-refractivity contribution in [2.24, 2.45) is 0 Å². The van der Waals surface area contributed by atoms with Crippen LogP contribution in [0.2, 0.25) is 0 Å². The Labute approximate surface area is 141 Å². The van der Waals surface area contributed by atoms with Crippen molar-refractivity contribution in [2.75, 3.05) is 7.05 Å². The van der Waals surface area contributed by atoms with Crippen molar-refractivity contribution in [3.63, 3.8) is 0 Å². The molecule has 23 heavy (non-hydrogen) atoms. The van der Waals surface area contributed by atoms with Crippen LogP contribution in [0.4, 0.5) is 5.82 Å². The maximum Gasteiger partial charge on any atom is 0.404 e. The van der Waals surface area contributed by atoms with Gasteiger partial charge in [0, 0.05) is 26.2 Å². The summed E-state index contributed by atoms with van der Waals surface area (Å²) in [6.45, 7) is 3.48. The Balaban J connectivity index is 1.91. The first-order chi connectivity index (χ1) is 10.9. The molecule has 0 aliphatic rings. The number of carbonyl (C=O) groups excluding carboxylic acids is 1. The van der Waals surface area contributed by atoms with Gasteiger partial charge in [0.05, 0.1) is 30.1 Å². The molecule has 0 spiro atoms. The highest BCUT2D eigenvalue weighted by Gasteiger charge is 2.19. The van der Waals surface area contributed by atoms with Crippen LogP contribution in [0.5, 0.6) is 0 Å². The highest BCUT2D eigenvalue weighted by Crippen LogP contribution is 2.22. The standard InChI is InChI=1S/C13H17BrN6O3/c1-3-19-10(4-6-15-19)8-17(2)12(21)5-7-18-9-11(14)13(16-18)20(22)23/h4,6,9H,3,5,7-8H2,1-2H3. The van der Waals surface area contributed by atoms with E-state index in [9.17, 15) is 14.9 Å². The second-order valence-corrected chi connectivity index (χ2v) is 5.81. The monoisotopic (exact) mass is 384 g/mol. The molecule has 0 radical (unpaired) electrons. The van der Waals surface area contributed by atoms with Gasteiger partial charge in [-0.3, -0.25) is 9.48 Å². The van der Waals surface area contributed by atoms with Gasteiger partial charge >= 0.3 is 5.82 Å². The molecule has 2 aromatic heterocycles. The number of aromatic nitrogens is 4. The van der Waals surface area contributed by atoms with Crippen molar-refractivity contribution >= 4 is 27.7 Å². The van der Waals surface area contributed by atoms with E-state index in [0.29, 0.717) is 11.0 Å². The molecule has 9 nitrogen and oxygen atoms in total. The van der Waals surface area contributed by atoms with Crippen LogP contribution in [-0.4, -0.2) is 42.3 Å². The van der Waals surface area contributed by atoms with Crippen molar-refractivity contribution in [3.05, 3.63) is 38.7 Å². The van der Waals surface area contributed by atoms with Crippen LogP contribution in [0.3, 0.4) is 0 Å². The topological polar surface area (TPSA) is 99.1 Å². The lowest BCUT2D eigenvalue weighted by Gasteiger charge is -2.17. The van der Waals surface area contributed by atoms with E-state index in [2.05, 4.69) is 26.1 Å². The molecule has 0 fully saturated rings. The molecule has 0 unspecified atom stereocenters. The molecular weight excluding hydrogens is 368 g/mol. The zero-order valence-corrected chi connectivity index (χ0v) is 14.4. The Hall–Kier alpha value is -2.23. The SMILES string of the molecule is CCn1nccc1CN(C)C(=O)CCn1cc(Br)c([N+](=O)[O-])n1. The van der Waals surface area contributed by atoms with Crippen molar-refractivity contribution in [3.8, 4) is 0 Å². The quantitative estimate of drug-likeness (QED) is 0.535. The summed E-state index contributed by atoms with van der Waals surface area (Å²) in [5.74, 6) is -0.319. The second kappa shape index (κ2) is 7.36. The van der Waals surface area contributed by atoms with Crippen LogP contribution in [0.1, 0.15) is 19.0 Å². The third-order valence-corrected chi connectivity index (χ3v) is 3.92. The zero-order chi connectivity index (χ0) is 17.0. The fourth-order valence-corrected chi connectivity index (χ4v) is 2.60. The third kappa shape index (κ3) is 4.15. The fourth-order valence-electron chi connectivity index (χ4n) is 2.14. The number of carbonyl (C=O) groups is 1. The van der Waals surface area contributed by atoms with Crippen molar-refractivity contribution in [2.45, 2.75) is 33.0 Å². The first-order valence-electron chi connectivity index (χ1n) is 7.04. The van der Waals surface area contributed by atoms with Crippen molar-refractivity contribution in [1.82, 2.24) is 24.5 Å². The Morgan fingerprint density at radius 2 is 2.26 bits per heavy atom. The van der Waals surface area contributed by atoms with Gasteiger partial charge in [-0.1, -0.05) is 0 Å². The van der Waals surface area contributed by atoms with E-state index in [1.54, 1.807) is 18.1 Å². The third-order valence-electron chi connectivity index (χ3n) is 3.36. The molecule has 0 bridgehead atoms. The molecule has 10 heteroatoms. The van der Waals surface area contributed by atoms with Crippen LogP contribution in [0, 0.1) is 10.1 Å². The first-order valence-corrected chi connectivity index (χ1v) is 7.83. The maximum absolute atomic E-state index is 12.2. The van der Waals surface area contributed by atoms with Crippen LogP contribution < -0.4 is 0 Å². The summed E-state index contributed by atoms with van der Waals surface area (Å²) >= 11 is 3.08. The van der Waals surface area contributed by atoms with E-state index in [0.717, 1.165) is 12.2 Å². The summed E-state index contributed by atoms with van der Waals surface area (Å²) in [6.07, 6.45) is 3.41. The van der Waals surface area contributed by atoms with Gasteiger partial charge in [-0.05, 0) is 33.8 Å². The molecule has 2 rings (SSSR count). The van der Waals surface area contributed by atoms with E-state index in [1.165, 1.54) is 10.9 Å². The van der Waals surface area contributed by atoms with E-state index >= 15 is 0 Å². The number of nitro groups is 1. The summed E-state index contributed by atoms with van der Waals surface area (Å²) in [5, 5.41) is 18.7. The molecule has 1 amide bonds. The predicted molar refractivity (Wildman–Crippen MR) is 85.6 cm³/mol. The van der Waals surface area contributed by atoms with Gasteiger partial charge in [0.1, 0.15) is 4.47 Å². The number of nitrogens with zero attached hydrogens (tertiary/aromatic N) is 6. The summed E-state index contributed by atoms with van der Waals surface area (Å²) in [5.41, 5.74) is 0.959. The summed E-state index contributed by atoms with van der Waals surface area (Å²) in [4.78, 5) is 24.0. The molecule has 2 heterocycles. The summed E-state index contributed by atoms with van der Waals surface area (Å²) < 4.78 is 3.53. The van der Waals surface area contributed by atoms with Crippen LogP contribution >= 0.6 is 15.9 Å². The van der Waals surface area contributed by atoms with Gasteiger partial charge in [-0.25, -0.2) is 0 Å².